The number of hydrogen-bond acceptors (Lipinski definition) is 5. The first kappa shape index (κ1) is 20.0. The number of hydrogen-bond donors (Lipinski definition) is 2. The number of rotatable bonds is 5. The van der Waals surface area contributed by atoms with Crippen molar-refractivity contribution in [3.05, 3.63) is 83.7 Å². The van der Waals surface area contributed by atoms with Gasteiger partial charge in [0, 0.05) is 30.1 Å². The van der Waals surface area contributed by atoms with Crippen LogP contribution in [0.4, 0.5) is 0 Å². The summed E-state index contributed by atoms with van der Waals surface area (Å²) in [6.45, 7) is 1.59. The number of para-hydroxylation sites is 1. The molecule has 32 heavy (non-hydrogen) atoms. The summed E-state index contributed by atoms with van der Waals surface area (Å²) in [5.74, 6) is 0.616. The van der Waals surface area contributed by atoms with E-state index in [0.717, 1.165) is 29.4 Å². The summed E-state index contributed by atoms with van der Waals surface area (Å²) in [6.07, 6.45) is 3.17. The van der Waals surface area contributed by atoms with Crippen LogP contribution in [0.1, 0.15) is 51.2 Å². The Morgan fingerprint density at radius 3 is 2.72 bits per heavy atom. The Balaban J connectivity index is 1.18. The van der Waals surface area contributed by atoms with Gasteiger partial charge in [-0.3, -0.25) is 14.7 Å². The molecule has 2 N–H and O–H groups in total. The maximum atomic E-state index is 12.9. The van der Waals surface area contributed by atoms with E-state index < -0.39 is 0 Å². The van der Waals surface area contributed by atoms with Gasteiger partial charge in [-0.15, -0.1) is 0 Å². The van der Waals surface area contributed by atoms with E-state index in [2.05, 4.69) is 20.5 Å². The molecule has 1 aliphatic heterocycles. The summed E-state index contributed by atoms with van der Waals surface area (Å²) < 4.78 is 5.22. The number of H-pyrrole nitrogens is 1. The minimum absolute atomic E-state index is 0.0446. The molecule has 4 aromatic rings. The predicted molar refractivity (Wildman–Crippen MR) is 118 cm³/mol. The van der Waals surface area contributed by atoms with E-state index in [1.165, 1.54) is 0 Å². The van der Waals surface area contributed by atoms with Gasteiger partial charge in [-0.25, -0.2) is 4.98 Å². The van der Waals surface area contributed by atoms with Crippen molar-refractivity contribution in [3.63, 3.8) is 0 Å². The smallest absolute Gasteiger partial charge is 0.272 e. The molecular formula is C24H23N5O3. The molecule has 1 aliphatic rings. The van der Waals surface area contributed by atoms with E-state index in [4.69, 9.17) is 4.42 Å². The Morgan fingerprint density at radius 1 is 1.06 bits per heavy atom. The summed E-state index contributed by atoms with van der Waals surface area (Å²) in [4.78, 5) is 31.6. The molecule has 8 nitrogen and oxygen atoms in total. The molecule has 162 valence electrons. The third-order valence-corrected chi connectivity index (χ3v) is 5.87. The lowest BCUT2D eigenvalue weighted by Crippen LogP contribution is -2.38. The number of pyridine rings is 1. The quantitative estimate of drug-likeness (QED) is 0.505. The van der Waals surface area contributed by atoms with Gasteiger partial charge in [0.25, 0.3) is 11.8 Å². The van der Waals surface area contributed by atoms with Crippen LogP contribution in [0.3, 0.4) is 0 Å². The van der Waals surface area contributed by atoms with Gasteiger partial charge < -0.3 is 14.6 Å². The van der Waals surface area contributed by atoms with Crippen molar-refractivity contribution >= 4 is 22.7 Å². The Hall–Kier alpha value is -3.94. The lowest BCUT2D eigenvalue weighted by Gasteiger charge is -2.31. The average Bonchev–Trinajstić information content (AvgIpc) is 3.54. The molecule has 4 heterocycles. The first-order valence-corrected chi connectivity index (χ1v) is 10.7. The highest BCUT2D eigenvalue weighted by atomic mass is 16.3. The SMILES string of the molecule is O=C(NCc1ccco1)c1cc(C2CCN(C(=O)c3ccc4ccccc4n3)CC2)[nH]n1. The van der Waals surface area contributed by atoms with Gasteiger partial charge >= 0.3 is 0 Å². The van der Waals surface area contributed by atoms with Crippen LogP contribution in [0.2, 0.25) is 0 Å². The van der Waals surface area contributed by atoms with Crippen LogP contribution in [0.15, 0.2) is 65.3 Å². The molecule has 1 aromatic carbocycles. The van der Waals surface area contributed by atoms with Crippen molar-refractivity contribution in [1.82, 2.24) is 25.4 Å². The minimum Gasteiger partial charge on any atom is -0.467 e. The molecule has 1 fully saturated rings. The second-order valence-electron chi connectivity index (χ2n) is 7.93. The van der Waals surface area contributed by atoms with Crippen molar-refractivity contribution in [3.8, 4) is 0 Å². The fraction of sp³-hybridized carbons (Fsp3) is 0.250. The van der Waals surface area contributed by atoms with Crippen LogP contribution in [0.5, 0.6) is 0 Å². The van der Waals surface area contributed by atoms with E-state index in [1.807, 2.05) is 35.2 Å². The van der Waals surface area contributed by atoms with Gasteiger partial charge in [0.2, 0.25) is 0 Å². The highest BCUT2D eigenvalue weighted by molar-refractivity contribution is 5.95. The molecule has 2 amide bonds. The topological polar surface area (TPSA) is 104 Å². The first-order valence-electron chi connectivity index (χ1n) is 10.7. The number of amides is 2. The normalized spacial score (nSPS) is 14.6. The highest BCUT2D eigenvalue weighted by Gasteiger charge is 2.27. The first-order chi connectivity index (χ1) is 15.7. The fourth-order valence-electron chi connectivity index (χ4n) is 4.07. The van der Waals surface area contributed by atoms with E-state index >= 15 is 0 Å². The summed E-state index contributed by atoms with van der Waals surface area (Å²) in [5.41, 5.74) is 2.57. The van der Waals surface area contributed by atoms with E-state index in [-0.39, 0.29) is 17.7 Å². The van der Waals surface area contributed by atoms with Crippen LogP contribution in [0.25, 0.3) is 10.9 Å². The zero-order valence-corrected chi connectivity index (χ0v) is 17.5. The van der Waals surface area contributed by atoms with Crippen LogP contribution >= 0.6 is 0 Å². The molecule has 5 rings (SSSR count). The number of aromatic nitrogens is 3. The standard InChI is InChI=1S/C24H23N5O3/c30-23(25-15-18-5-3-13-32-18)22-14-21(27-28-22)17-9-11-29(12-10-17)24(31)20-8-7-16-4-1-2-6-19(16)26-20/h1-8,13-14,17H,9-12,15H2,(H,25,30)(H,27,28). The predicted octanol–water partition coefficient (Wildman–Crippen LogP) is 3.50. The number of nitrogens with zero attached hydrogens (tertiary/aromatic N) is 3. The maximum Gasteiger partial charge on any atom is 0.272 e. The molecule has 3 aromatic heterocycles. The number of piperidine rings is 1. The fourth-order valence-corrected chi connectivity index (χ4v) is 4.07. The third-order valence-electron chi connectivity index (χ3n) is 5.87. The molecule has 0 aliphatic carbocycles. The Morgan fingerprint density at radius 2 is 1.91 bits per heavy atom. The second-order valence-corrected chi connectivity index (χ2v) is 7.93. The van der Waals surface area contributed by atoms with Crippen molar-refractivity contribution in [1.29, 1.82) is 0 Å². The minimum atomic E-state index is -0.251. The lowest BCUT2D eigenvalue weighted by atomic mass is 9.93. The third kappa shape index (κ3) is 4.12. The van der Waals surface area contributed by atoms with Crippen molar-refractivity contribution < 1.29 is 14.0 Å². The summed E-state index contributed by atoms with van der Waals surface area (Å²) >= 11 is 0. The molecule has 0 atom stereocenters. The van der Waals surface area contributed by atoms with Gasteiger partial charge in [0.1, 0.15) is 17.1 Å². The second kappa shape index (κ2) is 8.66. The van der Waals surface area contributed by atoms with Crippen LogP contribution in [-0.4, -0.2) is 45.0 Å². The summed E-state index contributed by atoms with van der Waals surface area (Å²) in [6, 6.07) is 16.9. The van der Waals surface area contributed by atoms with Crippen molar-refractivity contribution in [2.24, 2.45) is 0 Å². The molecule has 0 spiro atoms. The molecule has 0 radical (unpaired) electrons. The number of carbonyl (C=O) groups excluding carboxylic acids is 2. The average molecular weight is 429 g/mol. The van der Waals surface area contributed by atoms with Gasteiger partial charge in [0.15, 0.2) is 0 Å². The summed E-state index contributed by atoms with van der Waals surface area (Å²) in [7, 11) is 0. The largest absolute Gasteiger partial charge is 0.467 e. The number of furan rings is 1. The molecule has 1 saturated heterocycles. The number of fused-ring (bicyclic) bond motifs is 1. The molecular weight excluding hydrogens is 406 g/mol. The van der Waals surface area contributed by atoms with Crippen LogP contribution < -0.4 is 5.32 Å². The van der Waals surface area contributed by atoms with Crippen LogP contribution in [0, 0.1) is 0 Å². The van der Waals surface area contributed by atoms with Crippen molar-refractivity contribution in [2.45, 2.75) is 25.3 Å². The molecule has 0 bridgehead atoms. The number of nitrogens with one attached hydrogen (secondary N) is 2. The molecule has 0 saturated carbocycles. The van der Waals surface area contributed by atoms with E-state index in [1.54, 1.807) is 30.5 Å². The lowest BCUT2D eigenvalue weighted by molar-refractivity contribution is 0.0706. The van der Waals surface area contributed by atoms with Gasteiger partial charge in [-0.2, -0.15) is 5.10 Å². The van der Waals surface area contributed by atoms with Gasteiger partial charge in [-0.1, -0.05) is 24.3 Å². The van der Waals surface area contributed by atoms with Gasteiger partial charge in [-0.05, 0) is 43.2 Å². The zero-order valence-electron chi connectivity index (χ0n) is 17.5. The number of carbonyl (C=O) groups is 2. The monoisotopic (exact) mass is 429 g/mol. The van der Waals surface area contributed by atoms with Crippen molar-refractivity contribution in [2.75, 3.05) is 13.1 Å². The Kier molecular flexibility index (Phi) is 5.41. The van der Waals surface area contributed by atoms with E-state index in [9.17, 15) is 9.59 Å². The molecule has 0 unspecified atom stereocenters. The highest BCUT2D eigenvalue weighted by Crippen LogP contribution is 2.28. The van der Waals surface area contributed by atoms with Crippen LogP contribution in [-0.2, 0) is 6.54 Å². The molecule has 8 heteroatoms. The zero-order chi connectivity index (χ0) is 21.9. The van der Waals surface area contributed by atoms with E-state index in [0.29, 0.717) is 36.8 Å². The maximum absolute atomic E-state index is 12.9. The van der Waals surface area contributed by atoms with Gasteiger partial charge in [0.05, 0.1) is 18.3 Å². The number of benzene rings is 1. The Bertz CT molecular complexity index is 1240. The summed E-state index contributed by atoms with van der Waals surface area (Å²) in [5, 5.41) is 11.0. The number of aromatic amines is 1. The Labute approximate surface area is 184 Å². The number of likely N-dealkylation sites (tertiary alicyclic amines) is 1.